The molecule has 2 fully saturated rings. The maximum Gasteiger partial charge on any atom is 0.197 e. The van der Waals surface area contributed by atoms with E-state index in [1.54, 1.807) is 0 Å². The van der Waals surface area contributed by atoms with Crippen molar-refractivity contribution >= 4 is 17.2 Å². The third kappa shape index (κ3) is 6.03. The molecule has 0 unspecified atom stereocenters. The minimum absolute atomic E-state index is 0.188. The number of piperidine rings is 2. The third-order valence-corrected chi connectivity index (χ3v) is 7.29. The van der Waals surface area contributed by atoms with Crippen LogP contribution in [0.2, 0.25) is 0 Å². The Kier molecular flexibility index (Phi) is 8.34. The molecule has 0 amide bonds. The molecular formula is C31H44N2O. The number of rotatable bonds is 8. The molecule has 0 atom stereocenters. The topological polar surface area (TPSA) is 23.6 Å². The fraction of sp³-hybridized carbons (Fsp3) is 0.581. The quantitative estimate of drug-likeness (QED) is 0.386. The molecule has 2 aromatic rings. The van der Waals surface area contributed by atoms with E-state index in [1.165, 1.54) is 49.7 Å². The summed E-state index contributed by atoms with van der Waals surface area (Å²) < 4.78 is 0. The molecule has 0 spiro atoms. The van der Waals surface area contributed by atoms with Gasteiger partial charge in [0, 0.05) is 48.7 Å². The van der Waals surface area contributed by atoms with Crippen LogP contribution in [0.5, 0.6) is 0 Å². The van der Waals surface area contributed by atoms with Crippen LogP contribution in [0.3, 0.4) is 0 Å². The van der Waals surface area contributed by atoms with Gasteiger partial charge in [-0.2, -0.15) is 0 Å². The minimum Gasteiger partial charge on any atom is -0.371 e. The summed E-state index contributed by atoms with van der Waals surface area (Å²) in [5.74, 6) is 1.40. The first-order valence-electron chi connectivity index (χ1n) is 13.7. The van der Waals surface area contributed by atoms with E-state index in [9.17, 15) is 4.79 Å². The van der Waals surface area contributed by atoms with E-state index in [4.69, 9.17) is 0 Å². The van der Waals surface area contributed by atoms with Crippen molar-refractivity contribution in [3.63, 3.8) is 0 Å². The Morgan fingerprint density at radius 2 is 1.03 bits per heavy atom. The van der Waals surface area contributed by atoms with Crippen molar-refractivity contribution in [3.05, 3.63) is 58.7 Å². The van der Waals surface area contributed by atoms with E-state index in [0.29, 0.717) is 11.8 Å². The number of carbonyl (C=O) groups excluding carboxylic acids is 1. The van der Waals surface area contributed by atoms with Crippen molar-refractivity contribution in [3.8, 4) is 0 Å². The zero-order valence-corrected chi connectivity index (χ0v) is 21.9. The molecule has 2 heterocycles. The molecule has 184 valence electrons. The Morgan fingerprint density at radius 3 is 1.38 bits per heavy atom. The highest BCUT2D eigenvalue weighted by Gasteiger charge is 2.25. The highest BCUT2D eigenvalue weighted by molar-refractivity contribution is 6.15. The molecule has 3 nitrogen and oxygen atoms in total. The molecule has 0 aliphatic carbocycles. The Labute approximate surface area is 207 Å². The largest absolute Gasteiger partial charge is 0.371 e. The predicted molar refractivity (Wildman–Crippen MR) is 146 cm³/mol. The fourth-order valence-corrected chi connectivity index (χ4v) is 5.67. The maximum absolute atomic E-state index is 14.2. The van der Waals surface area contributed by atoms with Gasteiger partial charge in [0.1, 0.15) is 0 Å². The van der Waals surface area contributed by atoms with Crippen LogP contribution in [-0.4, -0.2) is 32.0 Å². The van der Waals surface area contributed by atoms with Crippen LogP contribution in [0.1, 0.15) is 93.3 Å². The second kappa shape index (κ2) is 11.4. The van der Waals surface area contributed by atoms with Gasteiger partial charge in [0.15, 0.2) is 5.78 Å². The third-order valence-electron chi connectivity index (χ3n) is 7.29. The summed E-state index contributed by atoms with van der Waals surface area (Å²) in [5, 5.41) is 0. The van der Waals surface area contributed by atoms with Gasteiger partial charge in [-0.25, -0.2) is 0 Å². The van der Waals surface area contributed by atoms with Gasteiger partial charge < -0.3 is 9.80 Å². The van der Waals surface area contributed by atoms with Crippen molar-refractivity contribution in [1.82, 2.24) is 0 Å². The number of carbonyl (C=O) groups is 1. The van der Waals surface area contributed by atoms with E-state index in [0.717, 1.165) is 61.5 Å². The van der Waals surface area contributed by atoms with Gasteiger partial charge in [-0.05, 0) is 98.6 Å². The Bertz CT molecular complexity index is 888. The Hall–Kier alpha value is -2.29. The molecule has 2 aliphatic heterocycles. The smallest absolute Gasteiger partial charge is 0.197 e. The summed E-state index contributed by atoms with van der Waals surface area (Å²) in [7, 11) is 0. The molecule has 2 aliphatic rings. The number of benzene rings is 2. The number of hydrogen-bond acceptors (Lipinski definition) is 3. The fourth-order valence-electron chi connectivity index (χ4n) is 5.67. The average Bonchev–Trinajstić information content (AvgIpc) is 2.84. The van der Waals surface area contributed by atoms with Gasteiger partial charge in [0.2, 0.25) is 0 Å². The van der Waals surface area contributed by atoms with Crippen LogP contribution in [0.15, 0.2) is 36.4 Å². The highest BCUT2D eigenvalue weighted by Crippen LogP contribution is 2.33. The lowest BCUT2D eigenvalue weighted by molar-refractivity contribution is 0.103. The second-order valence-electron chi connectivity index (χ2n) is 11.3. The molecule has 2 saturated heterocycles. The number of anilines is 2. The first kappa shape index (κ1) is 24.8. The molecular weight excluding hydrogens is 416 g/mol. The van der Waals surface area contributed by atoms with Gasteiger partial charge in [-0.1, -0.05) is 39.8 Å². The Morgan fingerprint density at radius 1 is 0.647 bits per heavy atom. The van der Waals surface area contributed by atoms with Gasteiger partial charge in [-0.15, -0.1) is 0 Å². The summed E-state index contributed by atoms with van der Waals surface area (Å²) in [5.41, 5.74) is 6.75. The van der Waals surface area contributed by atoms with Crippen molar-refractivity contribution in [2.75, 3.05) is 36.0 Å². The molecule has 0 bridgehead atoms. The van der Waals surface area contributed by atoms with Crippen molar-refractivity contribution in [2.45, 2.75) is 79.1 Å². The van der Waals surface area contributed by atoms with Crippen LogP contribution in [0, 0.1) is 11.8 Å². The minimum atomic E-state index is 0.188. The van der Waals surface area contributed by atoms with Crippen LogP contribution >= 0.6 is 0 Å². The summed E-state index contributed by atoms with van der Waals surface area (Å²) in [6.45, 7) is 13.3. The molecule has 0 aromatic heterocycles. The average molecular weight is 461 g/mol. The van der Waals surface area contributed by atoms with Crippen LogP contribution in [0.25, 0.3) is 0 Å². The Balaban J connectivity index is 1.74. The van der Waals surface area contributed by atoms with E-state index in [-0.39, 0.29) is 5.78 Å². The second-order valence-corrected chi connectivity index (χ2v) is 11.3. The summed E-state index contributed by atoms with van der Waals surface area (Å²) in [6.07, 6.45) is 9.55. The van der Waals surface area contributed by atoms with Crippen LogP contribution < -0.4 is 9.80 Å². The monoisotopic (exact) mass is 460 g/mol. The number of hydrogen-bond donors (Lipinski definition) is 0. The molecule has 3 heteroatoms. The molecule has 4 rings (SSSR count). The van der Waals surface area contributed by atoms with Crippen molar-refractivity contribution in [2.24, 2.45) is 11.8 Å². The summed E-state index contributed by atoms with van der Waals surface area (Å²) >= 11 is 0. The first-order valence-corrected chi connectivity index (χ1v) is 13.7. The number of nitrogens with zero attached hydrogens (tertiary/aromatic N) is 2. The summed E-state index contributed by atoms with van der Waals surface area (Å²) in [6, 6.07) is 13.2. The molecule has 34 heavy (non-hydrogen) atoms. The highest BCUT2D eigenvalue weighted by atomic mass is 16.1. The maximum atomic E-state index is 14.2. The molecule has 0 radical (unpaired) electrons. The summed E-state index contributed by atoms with van der Waals surface area (Å²) in [4.78, 5) is 19.1. The van der Waals surface area contributed by atoms with Crippen molar-refractivity contribution < 1.29 is 4.79 Å². The van der Waals surface area contributed by atoms with Gasteiger partial charge >= 0.3 is 0 Å². The first-order chi connectivity index (χ1) is 16.4. The zero-order chi connectivity index (χ0) is 24.1. The van der Waals surface area contributed by atoms with Crippen LogP contribution in [-0.2, 0) is 12.8 Å². The molecule has 0 N–H and O–H groups in total. The SMILES string of the molecule is CC(C)Cc1ccc(C(=O)c2ccc(CC(C)C)cc2N2CCCCC2)c(N2CCCCC2)c1. The lowest BCUT2D eigenvalue weighted by Crippen LogP contribution is -2.32. The van der Waals surface area contributed by atoms with Crippen LogP contribution in [0.4, 0.5) is 11.4 Å². The molecule has 2 aromatic carbocycles. The lowest BCUT2D eigenvalue weighted by atomic mass is 9.92. The van der Waals surface area contributed by atoms with E-state index >= 15 is 0 Å². The predicted octanol–water partition coefficient (Wildman–Crippen LogP) is 7.30. The molecule has 0 saturated carbocycles. The van der Waals surface area contributed by atoms with E-state index < -0.39 is 0 Å². The van der Waals surface area contributed by atoms with Gasteiger partial charge in [0.05, 0.1) is 0 Å². The van der Waals surface area contributed by atoms with Gasteiger partial charge in [-0.3, -0.25) is 4.79 Å². The standard InChI is InChI=1S/C31H44N2O/c1-23(2)19-25-11-13-27(29(21-25)32-15-7-5-8-16-32)31(34)28-14-12-26(20-24(3)4)22-30(28)33-17-9-6-10-18-33/h11-14,21-24H,5-10,15-20H2,1-4H3. The normalized spacial score (nSPS) is 17.0. The zero-order valence-electron chi connectivity index (χ0n) is 21.9. The van der Waals surface area contributed by atoms with Crippen molar-refractivity contribution in [1.29, 1.82) is 0 Å². The number of ketones is 1. The van der Waals surface area contributed by atoms with E-state index in [2.05, 4.69) is 73.9 Å². The van der Waals surface area contributed by atoms with Gasteiger partial charge in [0.25, 0.3) is 0 Å². The lowest BCUT2D eigenvalue weighted by Gasteiger charge is -2.32. The van der Waals surface area contributed by atoms with E-state index in [1.807, 2.05) is 0 Å².